The molecule has 1 saturated heterocycles. The molecule has 0 radical (unpaired) electrons. The van der Waals surface area contributed by atoms with Gasteiger partial charge in [0, 0.05) is 6.42 Å². The van der Waals surface area contributed by atoms with Crippen molar-refractivity contribution in [1.82, 2.24) is 0 Å². The van der Waals surface area contributed by atoms with Gasteiger partial charge in [-0.15, -0.1) is 0 Å². The van der Waals surface area contributed by atoms with E-state index >= 15 is 0 Å². The Hall–Kier alpha value is -0.580. The van der Waals surface area contributed by atoms with Crippen LogP contribution in [0.15, 0.2) is 0 Å². The van der Waals surface area contributed by atoms with Crippen molar-refractivity contribution in [2.75, 3.05) is 6.61 Å². The molecule has 4 atom stereocenters. The van der Waals surface area contributed by atoms with E-state index in [2.05, 4.69) is 9.26 Å². The van der Waals surface area contributed by atoms with Crippen LogP contribution in [0.25, 0.3) is 0 Å². The van der Waals surface area contributed by atoms with Gasteiger partial charge >= 0.3 is 13.8 Å². The van der Waals surface area contributed by atoms with Gasteiger partial charge < -0.3 is 34.9 Å². The van der Waals surface area contributed by atoms with E-state index in [9.17, 15) is 24.7 Å². The van der Waals surface area contributed by atoms with E-state index in [-0.39, 0.29) is 0 Å². The highest BCUT2D eigenvalue weighted by atomic mass is 31.2. The number of phosphoric ester groups is 1. The van der Waals surface area contributed by atoms with Crippen LogP contribution in [-0.2, 0) is 18.6 Å². The molecular weight excluding hydrogens is 275 g/mol. The number of aliphatic carboxylic acids is 1. The monoisotopic (exact) mass is 288 g/mol. The van der Waals surface area contributed by atoms with E-state index in [4.69, 9.17) is 14.9 Å². The molecule has 6 N–H and O–H groups in total. The normalized spacial score (nSPS) is 37.5. The molecule has 10 nitrogen and oxygen atoms in total. The summed E-state index contributed by atoms with van der Waals surface area (Å²) in [6.07, 6.45) is -5.65. The first-order valence-corrected chi connectivity index (χ1v) is 6.28. The second kappa shape index (κ2) is 5.19. The van der Waals surface area contributed by atoms with Crippen molar-refractivity contribution in [3.63, 3.8) is 0 Å². The molecular formula is C7H13O10P. The Bertz CT molecular complexity index is 365. The van der Waals surface area contributed by atoms with Crippen molar-refractivity contribution >= 4 is 13.8 Å². The Balaban J connectivity index is 2.76. The SMILES string of the molecule is O=C(O)[C@]1(O)C[C@@H](O)[C@H](O)[C@@H](COP(=O)(O)O)O1. The van der Waals surface area contributed by atoms with E-state index in [1.54, 1.807) is 0 Å². The molecule has 1 aliphatic rings. The van der Waals surface area contributed by atoms with Gasteiger partial charge in [-0.25, -0.2) is 9.36 Å². The molecule has 0 aliphatic carbocycles. The van der Waals surface area contributed by atoms with Gasteiger partial charge in [0.15, 0.2) is 0 Å². The summed E-state index contributed by atoms with van der Waals surface area (Å²) in [6, 6.07) is 0. The topological polar surface area (TPSA) is 174 Å². The molecule has 0 aromatic heterocycles. The molecule has 1 rings (SSSR count). The lowest BCUT2D eigenvalue weighted by Gasteiger charge is -2.39. The number of hydrogen-bond donors (Lipinski definition) is 6. The van der Waals surface area contributed by atoms with Crippen LogP contribution in [0.5, 0.6) is 0 Å². The fourth-order valence-corrected chi connectivity index (χ4v) is 1.80. The summed E-state index contributed by atoms with van der Waals surface area (Å²) in [5.74, 6) is -4.55. The van der Waals surface area contributed by atoms with Crippen LogP contribution in [0.2, 0.25) is 0 Å². The van der Waals surface area contributed by atoms with Gasteiger partial charge in [0.25, 0.3) is 5.79 Å². The van der Waals surface area contributed by atoms with Crippen molar-refractivity contribution in [2.45, 2.75) is 30.5 Å². The fraction of sp³-hybridized carbons (Fsp3) is 0.857. The van der Waals surface area contributed by atoms with Crippen molar-refractivity contribution in [2.24, 2.45) is 0 Å². The number of carboxylic acids is 1. The molecule has 0 aromatic rings. The van der Waals surface area contributed by atoms with Crippen molar-refractivity contribution in [1.29, 1.82) is 0 Å². The molecule has 0 spiro atoms. The Morgan fingerprint density at radius 2 is 2.00 bits per heavy atom. The highest BCUT2D eigenvalue weighted by Crippen LogP contribution is 2.37. The van der Waals surface area contributed by atoms with Gasteiger partial charge in [0.2, 0.25) is 0 Å². The minimum Gasteiger partial charge on any atom is -0.477 e. The van der Waals surface area contributed by atoms with Crippen molar-refractivity contribution in [3.05, 3.63) is 0 Å². The molecule has 0 saturated carbocycles. The van der Waals surface area contributed by atoms with E-state index < -0.39 is 50.9 Å². The molecule has 1 aliphatic heterocycles. The number of aliphatic hydroxyl groups excluding tert-OH is 2. The lowest BCUT2D eigenvalue weighted by atomic mass is 9.96. The van der Waals surface area contributed by atoms with Gasteiger partial charge in [0.05, 0.1) is 12.7 Å². The maximum absolute atomic E-state index is 10.7. The Morgan fingerprint density at radius 3 is 2.44 bits per heavy atom. The van der Waals surface area contributed by atoms with Gasteiger partial charge in [-0.2, -0.15) is 0 Å². The summed E-state index contributed by atoms with van der Waals surface area (Å²) >= 11 is 0. The number of rotatable bonds is 4. The largest absolute Gasteiger partial charge is 0.477 e. The Kier molecular flexibility index (Phi) is 4.47. The molecule has 0 aromatic carbocycles. The van der Waals surface area contributed by atoms with Crippen LogP contribution in [0.1, 0.15) is 6.42 Å². The van der Waals surface area contributed by atoms with E-state index in [0.717, 1.165) is 0 Å². The molecule has 0 bridgehead atoms. The zero-order valence-electron chi connectivity index (χ0n) is 8.91. The Morgan fingerprint density at radius 1 is 1.44 bits per heavy atom. The van der Waals surface area contributed by atoms with Crippen LogP contribution < -0.4 is 0 Å². The zero-order valence-corrected chi connectivity index (χ0v) is 9.80. The smallest absolute Gasteiger partial charge is 0.469 e. The van der Waals surface area contributed by atoms with Gasteiger partial charge in [0.1, 0.15) is 12.2 Å². The summed E-state index contributed by atoms with van der Waals surface area (Å²) < 4.78 is 19.1. The number of carbonyl (C=O) groups is 1. The van der Waals surface area contributed by atoms with Crippen molar-refractivity contribution in [3.8, 4) is 0 Å². The van der Waals surface area contributed by atoms with Crippen LogP contribution in [0.4, 0.5) is 0 Å². The summed E-state index contributed by atoms with van der Waals surface area (Å²) in [7, 11) is -4.85. The molecule has 0 amide bonds. The summed E-state index contributed by atoms with van der Waals surface area (Å²) in [6.45, 7) is -0.891. The standard InChI is InChI=1S/C7H13O10P/c8-3-1-7(12,6(10)11)17-4(5(3)9)2-16-18(13,14)15/h3-5,8-9,12H,1-2H2,(H,10,11)(H2,13,14,15)/t3-,4-,5+,7+/m1/s1. The molecule has 1 fully saturated rings. The number of phosphoric acid groups is 1. The molecule has 1 heterocycles. The quantitative estimate of drug-likeness (QED) is 0.300. The highest BCUT2D eigenvalue weighted by molar-refractivity contribution is 7.46. The van der Waals surface area contributed by atoms with Crippen LogP contribution >= 0.6 is 7.82 Å². The van der Waals surface area contributed by atoms with Gasteiger partial charge in [-0.05, 0) is 0 Å². The van der Waals surface area contributed by atoms with Gasteiger partial charge in [-0.3, -0.25) is 4.52 Å². The summed E-state index contributed by atoms with van der Waals surface area (Å²) in [4.78, 5) is 27.6. The van der Waals surface area contributed by atoms with Gasteiger partial charge in [-0.1, -0.05) is 0 Å². The van der Waals surface area contributed by atoms with Crippen molar-refractivity contribution < 1.29 is 48.8 Å². The second-order valence-electron chi connectivity index (χ2n) is 3.79. The lowest BCUT2D eigenvalue weighted by molar-refractivity contribution is -0.297. The summed E-state index contributed by atoms with van der Waals surface area (Å²) in [5, 5.41) is 37.0. The van der Waals surface area contributed by atoms with E-state index in [0.29, 0.717) is 0 Å². The predicted molar refractivity (Wildman–Crippen MR) is 52.1 cm³/mol. The number of hydrogen-bond acceptors (Lipinski definition) is 7. The maximum Gasteiger partial charge on any atom is 0.469 e. The average molecular weight is 288 g/mol. The second-order valence-corrected chi connectivity index (χ2v) is 5.03. The minimum absolute atomic E-state index is 0.782. The third kappa shape index (κ3) is 3.70. The number of ether oxygens (including phenoxy) is 1. The predicted octanol–water partition coefficient (Wildman–Crippen LogP) is -2.62. The third-order valence-electron chi connectivity index (χ3n) is 2.35. The first-order chi connectivity index (χ1) is 8.05. The van der Waals surface area contributed by atoms with Crippen LogP contribution in [0.3, 0.4) is 0 Å². The van der Waals surface area contributed by atoms with E-state index in [1.807, 2.05) is 0 Å². The number of aliphatic hydroxyl groups is 3. The highest BCUT2D eigenvalue weighted by Gasteiger charge is 2.50. The fourth-order valence-electron chi connectivity index (χ4n) is 1.46. The Labute approximate surface area is 101 Å². The zero-order chi connectivity index (χ0) is 14.1. The van der Waals surface area contributed by atoms with Crippen LogP contribution in [0, 0.1) is 0 Å². The molecule has 11 heteroatoms. The van der Waals surface area contributed by atoms with Crippen LogP contribution in [-0.4, -0.2) is 66.9 Å². The molecule has 18 heavy (non-hydrogen) atoms. The minimum atomic E-state index is -4.85. The average Bonchev–Trinajstić information content (AvgIpc) is 2.20. The first kappa shape index (κ1) is 15.5. The third-order valence-corrected chi connectivity index (χ3v) is 2.83. The first-order valence-electron chi connectivity index (χ1n) is 4.75. The van der Waals surface area contributed by atoms with E-state index in [1.165, 1.54) is 0 Å². The molecule has 106 valence electrons. The maximum atomic E-state index is 10.7. The summed E-state index contributed by atoms with van der Waals surface area (Å²) in [5.41, 5.74) is 0. The molecule has 0 unspecified atom stereocenters. The lowest BCUT2D eigenvalue weighted by Crippen LogP contribution is -2.59. The number of carboxylic acid groups (broad SMARTS) is 1.